The van der Waals surface area contributed by atoms with E-state index in [2.05, 4.69) is 15.3 Å². The molecule has 0 amide bonds. The molecular weight excluding hydrogens is 570 g/mol. The number of ether oxygens (including phenoxy) is 2. The highest BCUT2D eigenvalue weighted by Crippen LogP contribution is 2.41. The number of rotatable bonds is 9. The molecule has 0 bridgehead atoms. The summed E-state index contributed by atoms with van der Waals surface area (Å²) < 4.78 is 67.8. The van der Waals surface area contributed by atoms with Crippen LogP contribution >= 0.6 is 0 Å². The Morgan fingerprint density at radius 1 is 1.14 bits per heavy atom. The van der Waals surface area contributed by atoms with Crippen molar-refractivity contribution in [3.63, 3.8) is 0 Å². The Hall–Kier alpha value is -4.13. The average Bonchev–Trinajstić information content (AvgIpc) is 3.38. The molecule has 0 saturated carbocycles. The number of halogens is 4. The Morgan fingerprint density at radius 2 is 1.84 bits per heavy atom. The first-order chi connectivity index (χ1) is 20.5. The fourth-order valence-electron chi connectivity index (χ4n) is 5.64. The van der Waals surface area contributed by atoms with Crippen molar-refractivity contribution in [2.45, 2.75) is 50.9 Å². The minimum absolute atomic E-state index is 0.114. The van der Waals surface area contributed by atoms with Crippen molar-refractivity contribution >= 4 is 17.7 Å². The number of nitrogens with zero attached hydrogens (tertiary/aromatic N) is 3. The third kappa shape index (κ3) is 6.93. The summed E-state index contributed by atoms with van der Waals surface area (Å²) in [5.74, 6) is -1.54. The molecule has 0 radical (unpaired) electrons. The number of aromatic nitrogens is 2. The van der Waals surface area contributed by atoms with Crippen LogP contribution in [-0.2, 0) is 4.79 Å². The molecule has 2 atom stereocenters. The number of anilines is 2. The SMILES string of the molecule is CCCOc1ccc(-c2ccc(C(Oc3cc(N4CCC5(CC4)CN[C@H](C(=O)O)C5)nc(N)n3)C(F)(F)F)cc2)cc1F. The van der Waals surface area contributed by atoms with Gasteiger partial charge in [0.2, 0.25) is 17.9 Å². The summed E-state index contributed by atoms with van der Waals surface area (Å²) in [5.41, 5.74) is 6.56. The zero-order valence-electron chi connectivity index (χ0n) is 23.5. The van der Waals surface area contributed by atoms with Crippen molar-refractivity contribution in [1.29, 1.82) is 0 Å². The molecule has 2 aliphatic heterocycles. The number of aliphatic carboxylic acids is 1. The van der Waals surface area contributed by atoms with Crippen LogP contribution in [0.3, 0.4) is 0 Å². The first-order valence-electron chi connectivity index (χ1n) is 14.1. The van der Waals surface area contributed by atoms with Crippen LogP contribution < -0.4 is 25.4 Å². The lowest BCUT2D eigenvalue weighted by Crippen LogP contribution is -2.41. The average molecular weight is 604 g/mol. The van der Waals surface area contributed by atoms with E-state index in [9.17, 15) is 27.5 Å². The number of benzene rings is 2. The molecular formula is C30H33F4N5O4. The van der Waals surface area contributed by atoms with Crippen molar-refractivity contribution in [3.05, 3.63) is 59.9 Å². The molecule has 230 valence electrons. The molecule has 2 saturated heterocycles. The lowest BCUT2D eigenvalue weighted by atomic mass is 9.76. The Balaban J connectivity index is 1.30. The van der Waals surface area contributed by atoms with Gasteiger partial charge in [-0.1, -0.05) is 37.3 Å². The van der Waals surface area contributed by atoms with E-state index in [1.807, 2.05) is 11.8 Å². The van der Waals surface area contributed by atoms with Crippen LogP contribution in [0, 0.1) is 11.2 Å². The molecule has 3 aromatic rings. The predicted molar refractivity (Wildman–Crippen MR) is 151 cm³/mol. The lowest BCUT2D eigenvalue weighted by Gasteiger charge is -2.39. The van der Waals surface area contributed by atoms with Crippen molar-refractivity contribution in [1.82, 2.24) is 15.3 Å². The Bertz CT molecular complexity index is 1450. The van der Waals surface area contributed by atoms with Gasteiger partial charge >= 0.3 is 12.1 Å². The number of carbonyl (C=O) groups is 1. The van der Waals surface area contributed by atoms with E-state index in [-0.39, 0.29) is 28.6 Å². The number of hydrogen-bond donors (Lipinski definition) is 3. The molecule has 2 aromatic carbocycles. The third-order valence-electron chi connectivity index (χ3n) is 7.99. The number of piperidine rings is 1. The molecule has 1 spiro atoms. The summed E-state index contributed by atoms with van der Waals surface area (Å²) in [6, 6.07) is 10.7. The van der Waals surface area contributed by atoms with Crippen molar-refractivity contribution in [2.24, 2.45) is 5.41 Å². The fraction of sp³-hybridized carbons (Fsp3) is 0.433. The summed E-state index contributed by atoms with van der Waals surface area (Å²) in [6.45, 7) is 3.93. The maximum Gasteiger partial charge on any atom is 0.429 e. The Labute approximate surface area is 246 Å². The van der Waals surface area contributed by atoms with Gasteiger partial charge in [-0.25, -0.2) is 4.39 Å². The van der Waals surface area contributed by atoms with Crippen molar-refractivity contribution in [2.75, 3.05) is 36.9 Å². The number of nitrogens with two attached hydrogens (primary N) is 1. The first kappa shape index (κ1) is 30.3. The van der Waals surface area contributed by atoms with E-state index in [0.29, 0.717) is 62.4 Å². The van der Waals surface area contributed by atoms with Gasteiger partial charge in [0, 0.05) is 31.3 Å². The highest BCUT2D eigenvalue weighted by atomic mass is 19.4. The topological polar surface area (TPSA) is 123 Å². The third-order valence-corrected chi connectivity index (χ3v) is 7.99. The van der Waals surface area contributed by atoms with Gasteiger partial charge in [-0.3, -0.25) is 4.79 Å². The van der Waals surface area contributed by atoms with Crippen LogP contribution in [-0.4, -0.2) is 59.5 Å². The normalized spacial score (nSPS) is 18.9. The molecule has 0 aliphatic carbocycles. The van der Waals surface area contributed by atoms with Gasteiger partial charge in [-0.2, -0.15) is 23.1 Å². The lowest BCUT2D eigenvalue weighted by molar-refractivity contribution is -0.198. The minimum atomic E-state index is -4.78. The minimum Gasteiger partial charge on any atom is -0.491 e. The van der Waals surface area contributed by atoms with Crippen LogP contribution in [0.5, 0.6) is 11.6 Å². The van der Waals surface area contributed by atoms with Gasteiger partial charge < -0.3 is 30.5 Å². The molecule has 5 rings (SSSR count). The number of nitrogen functional groups attached to an aromatic ring is 1. The zero-order chi connectivity index (χ0) is 30.8. The van der Waals surface area contributed by atoms with E-state index in [1.165, 1.54) is 42.5 Å². The summed E-state index contributed by atoms with van der Waals surface area (Å²) in [5, 5.41) is 12.4. The molecule has 43 heavy (non-hydrogen) atoms. The van der Waals surface area contributed by atoms with Crippen LogP contribution in [0.25, 0.3) is 11.1 Å². The molecule has 13 heteroatoms. The van der Waals surface area contributed by atoms with E-state index in [1.54, 1.807) is 6.07 Å². The summed E-state index contributed by atoms with van der Waals surface area (Å²) in [7, 11) is 0. The van der Waals surface area contributed by atoms with Crippen molar-refractivity contribution in [3.8, 4) is 22.8 Å². The number of carboxylic acid groups (broad SMARTS) is 1. The Kier molecular flexibility index (Phi) is 8.63. The predicted octanol–water partition coefficient (Wildman–Crippen LogP) is 5.37. The first-order valence-corrected chi connectivity index (χ1v) is 14.1. The molecule has 3 heterocycles. The van der Waals surface area contributed by atoms with Gasteiger partial charge in [0.15, 0.2) is 11.6 Å². The van der Waals surface area contributed by atoms with Crippen molar-refractivity contribution < 1.29 is 36.9 Å². The smallest absolute Gasteiger partial charge is 0.429 e. The molecule has 2 fully saturated rings. The second-order valence-corrected chi connectivity index (χ2v) is 11.0. The van der Waals surface area contributed by atoms with E-state index in [0.717, 1.165) is 6.42 Å². The number of alkyl halides is 3. The largest absolute Gasteiger partial charge is 0.491 e. The molecule has 2 aliphatic rings. The van der Waals surface area contributed by atoms with Gasteiger partial charge in [0.25, 0.3) is 0 Å². The highest BCUT2D eigenvalue weighted by Gasteiger charge is 2.45. The zero-order valence-corrected chi connectivity index (χ0v) is 23.5. The summed E-state index contributed by atoms with van der Waals surface area (Å²) in [4.78, 5) is 21.4. The fourth-order valence-corrected chi connectivity index (χ4v) is 5.64. The van der Waals surface area contributed by atoms with Crippen LogP contribution in [0.2, 0.25) is 0 Å². The van der Waals surface area contributed by atoms with Gasteiger partial charge in [-0.15, -0.1) is 0 Å². The maximum atomic E-state index is 14.4. The molecule has 1 aromatic heterocycles. The number of nitrogens with one attached hydrogen (secondary N) is 1. The van der Waals surface area contributed by atoms with Crippen LogP contribution in [0.15, 0.2) is 48.5 Å². The molecule has 4 N–H and O–H groups in total. The van der Waals surface area contributed by atoms with E-state index >= 15 is 0 Å². The van der Waals surface area contributed by atoms with E-state index in [4.69, 9.17) is 15.2 Å². The maximum absolute atomic E-state index is 14.4. The van der Waals surface area contributed by atoms with Crippen LogP contribution in [0.4, 0.5) is 29.3 Å². The Morgan fingerprint density at radius 3 is 2.44 bits per heavy atom. The quantitative estimate of drug-likeness (QED) is 0.277. The highest BCUT2D eigenvalue weighted by molar-refractivity contribution is 5.74. The van der Waals surface area contributed by atoms with E-state index < -0.39 is 30.1 Å². The summed E-state index contributed by atoms with van der Waals surface area (Å²) >= 11 is 0. The van der Waals surface area contributed by atoms with Gasteiger partial charge in [0.1, 0.15) is 11.9 Å². The monoisotopic (exact) mass is 603 g/mol. The van der Waals surface area contributed by atoms with Gasteiger partial charge in [-0.05, 0) is 54.4 Å². The number of hydrogen-bond acceptors (Lipinski definition) is 8. The standard InChI is InChI=1S/C30H33F4N5O4/c1-2-13-42-23-8-7-20(14-21(23)31)18-3-5-19(6-4-18)26(30(32,33)34)43-25-15-24(37-28(35)38-25)39-11-9-29(10-12-39)16-22(27(40)41)36-17-29/h3-8,14-15,22,26,36H,2,9-13,16-17H2,1H3,(H,40,41)(H2,35,37,38)/t22-,26?/m0/s1. The molecule has 1 unspecified atom stereocenters. The molecule has 9 nitrogen and oxygen atoms in total. The number of carboxylic acids is 1. The second-order valence-electron chi connectivity index (χ2n) is 11.0. The summed E-state index contributed by atoms with van der Waals surface area (Å²) in [6.07, 6.45) is -4.48. The van der Waals surface area contributed by atoms with Crippen LogP contribution in [0.1, 0.15) is 44.3 Å². The second kappa shape index (κ2) is 12.2. The van der Waals surface area contributed by atoms with Gasteiger partial charge in [0.05, 0.1) is 6.61 Å².